The molecule has 0 aliphatic carbocycles. The Morgan fingerprint density at radius 2 is 1.80 bits per heavy atom. The maximum Gasteiger partial charge on any atom is 0.254 e. The molecule has 0 unspecified atom stereocenters. The second-order valence-electron chi connectivity index (χ2n) is 6.41. The molecule has 5 heteroatoms. The molecule has 1 fully saturated rings. The van der Waals surface area contributed by atoms with Crippen LogP contribution in [0.1, 0.15) is 38.1 Å². The molecule has 1 aliphatic heterocycles. The van der Waals surface area contributed by atoms with Crippen molar-refractivity contribution in [3.8, 4) is 0 Å². The third-order valence-corrected chi connectivity index (χ3v) is 4.38. The molecule has 1 saturated heterocycles. The zero-order chi connectivity index (χ0) is 15.1. The molecule has 0 radical (unpaired) electrons. The van der Waals surface area contributed by atoms with Crippen molar-refractivity contribution in [1.82, 2.24) is 4.90 Å². The highest BCUT2D eigenvalue weighted by Crippen LogP contribution is 2.30. The largest absolute Gasteiger partial charge is 0.366 e. The van der Waals surface area contributed by atoms with E-state index in [9.17, 15) is 4.79 Å². The van der Waals surface area contributed by atoms with Gasteiger partial charge in [0.25, 0.3) is 5.91 Å². The first kappa shape index (κ1) is 15.8. The number of rotatable bonds is 1. The van der Waals surface area contributed by atoms with E-state index >= 15 is 0 Å². The highest BCUT2D eigenvalue weighted by molar-refractivity contribution is 9.10. The van der Waals surface area contributed by atoms with Gasteiger partial charge in [-0.15, -0.1) is 0 Å². The second kappa shape index (κ2) is 5.32. The van der Waals surface area contributed by atoms with Gasteiger partial charge in [-0.2, -0.15) is 0 Å². The lowest BCUT2D eigenvalue weighted by molar-refractivity contribution is -0.171. The standard InChI is InChI=1S/C15H19BrClNO2/c1-14(2)8-18(9-15(3,4)20-14)13(19)10-5-6-11(16)12(17)7-10/h5-7H,8-9H2,1-4H3. The van der Waals surface area contributed by atoms with Crippen molar-refractivity contribution in [2.24, 2.45) is 0 Å². The molecule has 1 heterocycles. The lowest BCUT2D eigenvalue weighted by Crippen LogP contribution is -2.58. The summed E-state index contributed by atoms with van der Waals surface area (Å²) in [6, 6.07) is 5.28. The average molecular weight is 361 g/mol. The molecule has 0 bridgehead atoms. The number of halogens is 2. The minimum Gasteiger partial charge on any atom is -0.366 e. The molecule has 0 atom stereocenters. The van der Waals surface area contributed by atoms with Crippen molar-refractivity contribution >= 4 is 33.4 Å². The summed E-state index contributed by atoms with van der Waals surface area (Å²) in [6.45, 7) is 9.16. The van der Waals surface area contributed by atoms with Crippen LogP contribution in [0, 0.1) is 0 Å². The van der Waals surface area contributed by atoms with E-state index in [1.807, 2.05) is 32.6 Å². The van der Waals surface area contributed by atoms with Crippen molar-refractivity contribution in [2.45, 2.75) is 38.9 Å². The Morgan fingerprint density at radius 3 is 2.30 bits per heavy atom. The smallest absolute Gasteiger partial charge is 0.254 e. The molecule has 2 rings (SSSR count). The van der Waals surface area contributed by atoms with Crippen molar-refractivity contribution in [1.29, 1.82) is 0 Å². The normalized spacial score (nSPS) is 20.8. The van der Waals surface area contributed by atoms with Gasteiger partial charge < -0.3 is 9.64 Å². The van der Waals surface area contributed by atoms with Gasteiger partial charge in [-0.25, -0.2) is 0 Å². The molecule has 1 aromatic carbocycles. The molecule has 1 amide bonds. The van der Waals surface area contributed by atoms with Crippen LogP contribution in [-0.4, -0.2) is 35.1 Å². The Morgan fingerprint density at radius 1 is 1.25 bits per heavy atom. The molecule has 3 nitrogen and oxygen atoms in total. The van der Waals surface area contributed by atoms with Crippen LogP contribution < -0.4 is 0 Å². The third kappa shape index (κ3) is 3.54. The predicted octanol–water partition coefficient (Wildman–Crippen LogP) is 4.13. The summed E-state index contributed by atoms with van der Waals surface area (Å²) in [5, 5.41) is 0.544. The summed E-state index contributed by atoms with van der Waals surface area (Å²) in [5.74, 6) is -0.0103. The van der Waals surface area contributed by atoms with Crippen molar-refractivity contribution in [2.75, 3.05) is 13.1 Å². The molecule has 0 N–H and O–H groups in total. The highest BCUT2D eigenvalue weighted by atomic mass is 79.9. The highest BCUT2D eigenvalue weighted by Gasteiger charge is 2.40. The number of ether oxygens (including phenoxy) is 1. The molecular weight excluding hydrogens is 342 g/mol. The first-order valence-corrected chi connectivity index (χ1v) is 7.71. The second-order valence-corrected chi connectivity index (χ2v) is 7.67. The Labute approximate surface area is 133 Å². The number of hydrogen-bond donors (Lipinski definition) is 0. The van der Waals surface area contributed by atoms with E-state index in [1.165, 1.54) is 0 Å². The lowest BCUT2D eigenvalue weighted by atomic mass is 9.98. The van der Waals surface area contributed by atoms with Crippen LogP contribution in [0.5, 0.6) is 0 Å². The molecule has 20 heavy (non-hydrogen) atoms. The molecule has 0 saturated carbocycles. The lowest BCUT2D eigenvalue weighted by Gasteiger charge is -2.47. The third-order valence-electron chi connectivity index (χ3n) is 3.15. The molecule has 0 aromatic heterocycles. The van der Waals surface area contributed by atoms with E-state index in [0.717, 1.165) is 4.47 Å². The van der Waals surface area contributed by atoms with Crippen LogP contribution in [-0.2, 0) is 4.74 Å². The monoisotopic (exact) mass is 359 g/mol. The first-order chi connectivity index (χ1) is 9.10. The minimum atomic E-state index is -0.351. The van der Waals surface area contributed by atoms with E-state index in [0.29, 0.717) is 23.7 Å². The number of morpholine rings is 1. The van der Waals surface area contributed by atoms with Crippen LogP contribution in [0.15, 0.2) is 22.7 Å². The number of hydrogen-bond acceptors (Lipinski definition) is 2. The maximum absolute atomic E-state index is 12.6. The van der Waals surface area contributed by atoms with Crippen LogP contribution in [0.2, 0.25) is 5.02 Å². The summed E-state index contributed by atoms with van der Waals surface area (Å²) < 4.78 is 6.78. The van der Waals surface area contributed by atoms with E-state index in [4.69, 9.17) is 16.3 Å². The number of nitrogens with zero attached hydrogens (tertiary/aromatic N) is 1. The zero-order valence-electron chi connectivity index (χ0n) is 12.2. The van der Waals surface area contributed by atoms with Crippen LogP contribution in [0.25, 0.3) is 0 Å². The van der Waals surface area contributed by atoms with Crippen LogP contribution in [0.4, 0.5) is 0 Å². The van der Waals surface area contributed by atoms with Gasteiger partial charge in [0.2, 0.25) is 0 Å². The zero-order valence-corrected chi connectivity index (χ0v) is 14.5. The van der Waals surface area contributed by atoms with Crippen molar-refractivity contribution in [3.63, 3.8) is 0 Å². The van der Waals surface area contributed by atoms with Gasteiger partial charge in [0.1, 0.15) is 0 Å². The van der Waals surface area contributed by atoms with Gasteiger partial charge in [0.05, 0.1) is 16.2 Å². The van der Waals surface area contributed by atoms with Gasteiger partial charge in [-0.3, -0.25) is 4.79 Å². The summed E-state index contributed by atoms with van der Waals surface area (Å²) >= 11 is 9.40. The number of amides is 1. The van der Waals surface area contributed by atoms with E-state index in [2.05, 4.69) is 15.9 Å². The van der Waals surface area contributed by atoms with Crippen molar-refractivity contribution < 1.29 is 9.53 Å². The summed E-state index contributed by atoms with van der Waals surface area (Å²) in [7, 11) is 0. The van der Waals surface area contributed by atoms with Crippen LogP contribution in [0.3, 0.4) is 0 Å². The quantitative estimate of drug-likeness (QED) is 0.753. The Balaban J connectivity index is 2.26. The Hall–Kier alpha value is -0.580. The fraction of sp³-hybridized carbons (Fsp3) is 0.533. The van der Waals surface area contributed by atoms with Gasteiger partial charge in [0, 0.05) is 23.1 Å². The number of carbonyl (C=O) groups excluding carboxylic acids is 1. The molecule has 1 aliphatic rings. The summed E-state index contributed by atoms with van der Waals surface area (Å²) in [6.07, 6.45) is 0. The van der Waals surface area contributed by atoms with Crippen LogP contribution >= 0.6 is 27.5 Å². The van der Waals surface area contributed by atoms with E-state index in [-0.39, 0.29) is 17.1 Å². The topological polar surface area (TPSA) is 29.5 Å². The predicted molar refractivity (Wildman–Crippen MR) is 84.3 cm³/mol. The fourth-order valence-electron chi connectivity index (χ4n) is 2.74. The summed E-state index contributed by atoms with van der Waals surface area (Å²) in [5.41, 5.74) is -0.0978. The minimum absolute atomic E-state index is 0.0103. The summed E-state index contributed by atoms with van der Waals surface area (Å²) in [4.78, 5) is 14.5. The van der Waals surface area contributed by atoms with E-state index in [1.54, 1.807) is 18.2 Å². The molecule has 1 aromatic rings. The van der Waals surface area contributed by atoms with Crippen molar-refractivity contribution in [3.05, 3.63) is 33.3 Å². The SMILES string of the molecule is CC1(C)CN(C(=O)c2ccc(Br)c(Cl)c2)CC(C)(C)O1. The fourth-order valence-corrected chi connectivity index (χ4v) is 3.17. The maximum atomic E-state index is 12.6. The average Bonchev–Trinajstić information content (AvgIpc) is 2.27. The van der Waals surface area contributed by atoms with Gasteiger partial charge in [0.15, 0.2) is 0 Å². The van der Waals surface area contributed by atoms with Gasteiger partial charge >= 0.3 is 0 Å². The number of benzene rings is 1. The number of carbonyl (C=O) groups is 1. The molecule has 0 spiro atoms. The Bertz CT molecular complexity index is 527. The van der Waals surface area contributed by atoms with E-state index < -0.39 is 0 Å². The van der Waals surface area contributed by atoms with Gasteiger partial charge in [-0.05, 0) is 61.8 Å². The molecular formula is C15H19BrClNO2. The molecule has 110 valence electrons. The van der Waals surface area contributed by atoms with Gasteiger partial charge in [-0.1, -0.05) is 11.6 Å². The first-order valence-electron chi connectivity index (χ1n) is 6.54. The Kier molecular flexibility index (Phi) is 4.20.